The van der Waals surface area contributed by atoms with Crippen molar-refractivity contribution in [2.75, 3.05) is 0 Å². The van der Waals surface area contributed by atoms with E-state index in [4.69, 9.17) is 5.11 Å². The first kappa shape index (κ1) is 12.6. The van der Waals surface area contributed by atoms with Gasteiger partial charge in [-0.25, -0.2) is 13.2 Å². The minimum atomic E-state index is -3.91. The molecule has 0 spiro atoms. The lowest BCUT2D eigenvalue weighted by Gasteiger charge is -2.08. The third-order valence-electron chi connectivity index (χ3n) is 1.69. The van der Waals surface area contributed by atoms with Crippen molar-refractivity contribution in [3.63, 3.8) is 0 Å². The van der Waals surface area contributed by atoms with Gasteiger partial charge >= 0.3 is 5.97 Å². The Balaban J connectivity index is 3.33. The summed E-state index contributed by atoms with van der Waals surface area (Å²) in [5, 5.41) is 8.84. The smallest absolute Gasteiger partial charge is 0.337 e. The summed E-state index contributed by atoms with van der Waals surface area (Å²) in [6, 6.07) is 5.33. The predicted molar refractivity (Wildman–Crippen MR) is 62.0 cm³/mol. The Morgan fingerprint density at radius 3 is 2.44 bits per heavy atom. The Morgan fingerprint density at radius 2 is 1.94 bits per heavy atom. The number of thiocarbonyl (C=S) groups is 1. The summed E-state index contributed by atoms with van der Waals surface area (Å²) in [4.78, 5) is 10.6. The largest absolute Gasteiger partial charge is 0.478 e. The summed E-state index contributed by atoms with van der Waals surface area (Å²) in [5.41, 5.74) is -0.286. The maximum absolute atomic E-state index is 11.7. The first-order valence-electron chi connectivity index (χ1n) is 4.20. The molecule has 0 radical (unpaired) electrons. The maximum atomic E-state index is 11.7. The van der Waals surface area contributed by atoms with Gasteiger partial charge in [-0.15, -0.1) is 0 Å². The Labute approximate surface area is 98.2 Å². The summed E-state index contributed by atoms with van der Waals surface area (Å²) < 4.78 is 25.5. The van der Waals surface area contributed by atoms with Crippen molar-refractivity contribution in [1.29, 1.82) is 0 Å². The molecule has 7 heteroatoms. The molecular weight excluding hydrogens is 250 g/mol. The second-order valence-electron chi connectivity index (χ2n) is 2.96. The molecule has 0 unspecified atom stereocenters. The van der Waals surface area contributed by atoms with Gasteiger partial charge in [-0.3, -0.25) is 4.72 Å². The second-order valence-corrected chi connectivity index (χ2v) is 5.23. The number of hydrogen-bond donors (Lipinski definition) is 2. The van der Waals surface area contributed by atoms with Gasteiger partial charge in [-0.1, -0.05) is 24.4 Å². The van der Waals surface area contributed by atoms with Crippen LogP contribution in [0.15, 0.2) is 29.2 Å². The first-order valence-corrected chi connectivity index (χ1v) is 6.09. The molecule has 2 N–H and O–H groups in total. The molecule has 0 aliphatic rings. The number of benzene rings is 1. The van der Waals surface area contributed by atoms with Crippen LogP contribution in [0.3, 0.4) is 0 Å². The van der Waals surface area contributed by atoms with E-state index in [0.29, 0.717) is 0 Å². The summed E-state index contributed by atoms with van der Waals surface area (Å²) >= 11 is 4.61. The molecule has 16 heavy (non-hydrogen) atoms. The van der Waals surface area contributed by atoms with Gasteiger partial charge < -0.3 is 5.11 Å². The van der Waals surface area contributed by atoms with Crippen molar-refractivity contribution in [2.45, 2.75) is 11.8 Å². The highest BCUT2D eigenvalue weighted by Gasteiger charge is 2.21. The fourth-order valence-electron chi connectivity index (χ4n) is 1.12. The number of carbonyl (C=O) groups is 1. The molecule has 0 saturated carbocycles. The number of rotatable bonds is 3. The van der Waals surface area contributed by atoms with E-state index in [1.165, 1.54) is 31.2 Å². The van der Waals surface area contributed by atoms with E-state index in [2.05, 4.69) is 16.9 Å². The Hall–Kier alpha value is -1.47. The minimum absolute atomic E-state index is 0.0557. The molecule has 0 heterocycles. The average Bonchev–Trinajstić information content (AvgIpc) is 2.15. The lowest BCUT2D eigenvalue weighted by molar-refractivity contribution is 0.0692. The molecule has 0 atom stereocenters. The van der Waals surface area contributed by atoms with Crippen molar-refractivity contribution < 1.29 is 18.3 Å². The van der Waals surface area contributed by atoms with Gasteiger partial charge in [0.25, 0.3) is 10.0 Å². The molecular formula is C9H9NO4S2. The molecule has 0 fully saturated rings. The van der Waals surface area contributed by atoms with Gasteiger partial charge in [0.1, 0.15) is 4.90 Å². The van der Waals surface area contributed by atoms with Crippen LogP contribution in [0.2, 0.25) is 0 Å². The Kier molecular flexibility index (Phi) is 3.61. The van der Waals surface area contributed by atoms with Crippen molar-refractivity contribution in [1.82, 2.24) is 4.72 Å². The van der Waals surface area contributed by atoms with Crippen LogP contribution in [0.25, 0.3) is 0 Å². The molecule has 0 amide bonds. The number of nitrogens with one attached hydrogen (secondary N) is 1. The standard InChI is InChI=1S/C9H9NO4S2/c1-6(15)10-16(13,14)8-5-3-2-4-7(8)9(11)12/h2-5H,1H3,(H,10,15)(H,11,12). The number of aromatic carboxylic acids is 1. The van der Waals surface area contributed by atoms with Crippen molar-refractivity contribution in [3.8, 4) is 0 Å². The number of hydrogen-bond acceptors (Lipinski definition) is 4. The van der Waals surface area contributed by atoms with Gasteiger partial charge in [-0.05, 0) is 19.1 Å². The third kappa shape index (κ3) is 2.77. The van der Waals surface area contributed by atoms with E-state index in [0.717, 1.165) is 0 Å². The van der Waals surface area contributed by atoms with Crippen LogP contribution in [-0.2, 0) is 10.0 Å². The number of carboxylic acids is 1. The maximum Gasteiger partial charge on any atom is 0.337 e. The fourth-order valence-corrected chi connectivity index (χ4v) is 2.64. The normalized spacial score (nSPS) is 10.8. The highest BCUT2D eigenvalue weighted by Crippen LogP contribution is 2.15. The van der Waals surface area contributed by atoms with Crippen molar-refractivity contribution >= 4 is 33.2 Å². The molecule has 1 aromatic carbocycles. The predicted octanol–water partition coefficient (Wildman–Crippen LogP) is 1.01. The van der Waals surface area contributed by atoms with Crippen molar-refractivity contribution in [2.24, 2.45) is 0 Å². The van der Waals surface area contributed by atoms with E-state index in [1.54, 1.807) is 0 Å². The molecule has 0 bridgehead atoms. The topological polar surface area (TPSA) is 83.5 Å². The first-order chi connectivity index (χ1) is 7.34. The van der Waals surface area contributed by atoms with E-state index in [1.807, 2.05) is 0 Å². The average molecular weight is 259 g/mol. The van der Waals surface area contributed by atoms with E-state index in [-0.39, 0.29) is 15.4 Å². The fraction of sp³-hybridized carbons (Fsp3) is 0.111. The monoisotopic (exact) mass is 259 g/mol. The van der Waals surface area contributed by atoms with Crippen LogP contribution in [-0.4, -0.2) is 24.5 Å². The van der Waals surface area contributed by atoms with E-state index >= 15 is 0 Å². The molecule has 1 rings (SSSR count). The van der Waals surface area contributed by atoms with E-state index < -0.39 is 16.0 Å². The highest BCUT2D eigenvalue weighted by molar-refractivity contribution is 7.92. The zero-order chi connectivity index (χ0) is 12.3. The van der Waals surface area contributed by atoms with Crippen LogP contribution < -0.4 is 4.72 Å². The SMILES string of the molecule is CC(=S)NS(=O)(=O)c1ccccc1C(=O)O. The van der Waals surface area contributed by atoms with Crippen LogP contribution in [0.5, 0.6) is 0 Å². The van der Waals surface area contributed by atoms with Gasteiger partial charge in [-0.2, -0.15) is 0 Å². The molecule has 0 aliphatic carbocycles. The lowest BCUT2D eigenvalue weighted by Crippen LogP contribution is -2.28. The molecule has 0 aromatic heterocycles. The number of sulfonamides is 1. The van der Waals surface area contributed by atoms with Gasteiger partial charge in [0, 0.05) is 0 Å². The summed E-state index contributed by atoms with van der Waals surface area (Å²) in [6.07, 6.45) is 0. The van der Waals surface area contributed by atoms with Crippen LogP contribution in [0.1, 0.15) is 17.3 Å². The minimum Gasteiger partial charge on any atom is -0.478 e. The van der Waals surface area contributed by atoms with Crippen LogP contribution in [0.4, 0.5) is 0 Å². The zero-order valence-electron chi connectivity index (χ0n) is 8.30. The van der Waals surface area contributed by atoms with Gasteiger partial charge in [0.2, 0.25) is 0 Å². The molecule has 5 nitrogen and oxygen atoms in total. The third-order valence-corrected chi connectivity index (χ3v) is 3.43. The van der Waals surface area contributed by atoms with Gasteiger partial charge in [0.15, 0.2) is 0 Å². The highest BCUT2D eigenvalue weighted by atomic mass is 32.2. The summed E-state index contributed by atoms with van der Waals surface area (Å²) in [5.74, 6) is -1.30. The molecule has 0 aliphatic heterocycles. The van der Waals surface area contributed by atoms with Gasteiger partial charge in [0.05, 0.1) is 10.6 Å². The van der Waals surface area contributed by atoms with Crippen molar-refractivity contribution in [3.05, 3.63) is 29.8 Å². The Bertz CT molecular complexity index is 536. The van der Waals surface area contributed by atoms with E-state index in [9.17, 15) is 13.2 Å². The number of carboxylic acid groups (broad SMARTS) is 1. The summed E-state index contributed by atoms with van der Waals surface area (Å²) in [6.45, 7) is 1.40. The summed E-state index contributed by atoms with van der Waals surface area (Å²) in [7, 11) is -3.91. The molecule has 0 saturated heterocycles. The second kappa shape index (κ2) is 4.58. The zero-order valence-corrected chi connectivity index (χ0v) is 9.93. The van der Waals surface area contributed by atoms with Crippen LogP contribution in [0, 0.1) is 0 Å². The van der Waals surface area contributed by atoms with Crippen LogP contribution >= 0.6 is 12.2 Å². The quantitative estimate of drug-likeness (QED) is 0.791. The Morgan fingerprint density at radius 1 is 1.38 bits per heavy atom. The molecule has 1 aromatic rings. The lowest BCUT2D eigenvalue weighted by atomic mass is 10.2. The molecule has 86 valence electrons.